The summed E-state index contributed by atoms with van der Waals surface area (Å²) in [7, 11) is 0. The number of hydrogen-bond donors (Lipinski definition) is 4. The van der Waals surface area contributed by atoms with Crippen LogP contribution in [-0.2, 0) is 4.79 Å². The van der Waals surface area contributed by atoms with E-state index in [0.717, 1.165) is 66.9 Å². The molecule has 1 saturated carbocycles. The standard InChI is InChI=1S/C23H26N8O/c24-12-17-13-31(10-9-25-17)20-6-5-16(29-23(32)15-3-1-2-4-15)11-19(20)30-22-18-7-8-26-21(18)27-14-28-22/h5-8,11,14-15,17,25H,1-4,9-10,13H2,(H,29,32)(H2,26,27,28,30). The largest absolute Gasteiger partial charge is 0.366 e. The number of rotatable bonds is 5. The predicted molar refractivity (Wildman–Crippen MR) is 124 cm³/mol. The van der Waals surface area contributed by atoms with E-state index in [1.165, 1.54) is 6.33 Å². The maximum absolute atomic E-state index is 12.7. The molecule has 0 bridgehead atoms. The van der Waals surface area contributed by atoms with Gasteiger partial charge in [-0.3, -0.25) is 10.1 Å². The fourth-order valence-electron chi connectivity index (χ4n) is 4.58. The third-order valence-electron chi connectivity index (χ3n) is 6.27. The number of carbonyl (C=O) groups excluding carboxylic acids is 1. The average Bonchev–Trinajstić information content (AvgIpc) is 3.52. The van der Waals surface area contributed by atoms with Crippen molar-refractivity contribution >= 4 is 39.8 Å². The van der Waals surface area contributed by atoms with Gasteiger partial charge in [0.15, 0.2) is 0 Å². The van der Waals surface area contributed by atoms with E-state index in [-0.39, 0.29) is 17.9 Å². The van der Waals surface area contributed by atoms with E-state index in [1.807, 2.05) is 30.5 Å². The zero-order valence-corrected chi connectivity index (χ0v) is 17.8. The summed E-state index contributed by atoms with van der Waals surface area (Å²) in [5.74, 6) is 0.865. The Bertz CT molecular complexity index is 1160. The molecule has 2 aromatic heterocycles. The fourth-order valence-corrected chi connectivity index (χ4v) is 4.58. The highest BCUT2D eigenvalue weighted by atomic mass is 16.1. The molecule has 2 fully saturated rings. The van der Waals surface area contributed by atoms with Gasteiger partial charge in [0, 0.05) is 37.4 Å². The Morgan fingerprint density at radius 3 is 2.94 bits per heavy atom. The van der Waals surface area contributed by atoms with Crippen LogP contribution < -0.4 is 20.9 Å². The molecule has 32 heavy (non-hydrogen) atoms. The second-order valence-electron chi connectivity index (χ2n) is 8.37. The van der Waals surface area contributed by atoms with Gasteiger partial charge in [-0.05, 0) is 37.1 Å². The predicted octanol–water partition coefficient (Wildman–Crippen LogP) is 3.13. The maximum Gasteiger partial charge on any atom is 0.227 e. The van der Waals surface area contributed by atoms with Gasteiger partial charge in [0.1, 0.15) is 23.8 Å². The van der Waals surface area contributed by atoms with Crippen molar-refractivity contribution in [2.75, 3.05) is 35.2 Å². The highest BCUT2D eigenvalue weighted by Crippen LogP contribution is 2.34. The third kappa shape index (κ3) is 4.09. The zero-order chi connectivity index (χ0) is 21.9. The summed E-state index contributed by atoms with van der Waals surface area (Å²) in [6.45, 7) is 2.10. The smallest absolute Gasteiger partial charge is 0.227 e. The summed E-state index contributed by atoms with van der Waals surface area (Å²) < 4.78 is 0. The number of amides is 1. The molecule has 1 amide bonds. The Kier molecular flexibility index (Phi) is 5.60. The van der Waals surface area contributed by atoms with Crippen molar-refractivity contribution in [3.63, 3.8) is 0 Å². The number of benzene rings is 1. The van der Waals surface area contributed by atoms with Crippen molar-refractivity contribution in [2.24, 2.45) is 5.92 Å². The van der Waals surface area contributed by atoms with Gasteiger partial charge in [0.05, 0.1) is 22.8 Å². The van der Waals surface area contributed by atoms with Crippen molar-refractivity contribution in [2.45, 2.75) is 31.7 Å². The molecule has 1 aliphatic heterocycles. The van der Waals surface area contributed by atoms with Crippen LogP contribution in [0.1, 0.15) is 25.7 Å². The lowest BCUT2D eigenvalue weighted by atomic mass is 10.1. The number of fused-ring (bicyclic) bond motifs is 1. The van der Waals surface area contributed by atoms with Crippen LogP contribution in [0.2, 0.25) is 0 Å². The van der Waals surface area contributed by atoms with Crippen LogP contribution in [0.4, 0.5) is 22.9 Å². The summed E-state index contributed by atoms with van der Waals surface area (Å²) in [5, 5.41) is 20.0. The molecule has 9 nitrogen and oxygen atoms in total. The van der Waals surface area contributed by atoms with Crippen molar-refractivity contribution in [3.8, 4) is 6.07 Å². The number of nitriles is 1. The first-order valence-electron chi connectivity index (χ1n) is 11.1. The van der Waals surface area contributed by atoms with Crippen LogP contribution >= 0.6 is 0 Å². The molecule has 3 aromatic rings. The topological polar surface area (TPSA) is 122 Å². The lowest BCUT2D eigenvalue weighted by Crippen LogP contribution is -2.50. The second-order valence-corrected chi connectivity index (χ2v) is 8.37. The van der Waals surface area contributed by atoms with E-state index < -0.39 is 0 Å². The first-order chi connectivity index (χ1) is 15.7. The van der Waals surface area contributed by atoms with E-state index in [0.29, 0.717) is 12.4 Å². The summed E-state index contributed by atoms with van der Waals surface area (Å²) in [4.78, 5) is 26.7. The Balaban J connectivity index is 1.47. The molecular weight excluding hydrogens is 404 g/mol. The van der Waals surface area contributed by atoms with Crippen LogP contribution in [0.25, 0.3) is 11.0 Å². The molecule has 5 rings (SSSR count). The number of nitrogens with one attached hydrogen (secondary N) is 4. The van der Waals surface area contributed by atoms with E-state index in [1.54, 1.807) is 0 Å². The number of nitrogens with zero attached hydrogens (tertiary/aromatic N) is 4. The SMILES string of the molecule is N#CC1CN(c2ccc(NC(=O)C3CCCC3)cc2Nc2ncnc3[nH]ccc23)CCN1. The molecule has 1 saturated heterocycles. The molecule has 164 valence electrons. The van der Waals surface area contributed by atoms with E-state index >= 15 is 0 Å². The maximum atomic E-state index is 12.7. The normalized spacial score (nSPS) is 19.1. The molecule has 4 N–H and O–H groups in total. The van der Waals surface area contributed by atoms with Gasteiger partial charge < -0.3 is 20.5 Å². The summed E-state index contributed by atoms with van der Waals surface area (Å²) in [6, 6.07) is 9.90. The van der Waals surface area contributed by atoms with Gasteiger partial charge >= 0.3 is 0 Å². The van der Waals surface area contributed by atoms with Gasteiger partial charge in [0.25, 0.3) is 0 Å². The lowest BCUT2D eigenvalue weighted by molar-refractivity contribution is -0.119. The molecule has 1 unspecified atom stereocenters. The van der Waals surface area contributed by atoms with Crippen LogP contribution in [-0.4, -0.2) is 46.5 Å². The Morgan fingerprint density at radius 2 is 2.09 bits per heavy atom. The summed E-state index contributed by atoms with van der Waals surface area (Å²) in [5.41, 5.74) is 3.29. The Labute approximate surface area is 186 Å². The van der Waals surface area contributed by atoms with Crippen LogP contribution in [0.15, 0.2) is 36.8 Å². The number of anilines is 4. The van der Waals surface area contributed by atoms with Crippen molar-refractivity contribution < 1.29 is 4.79 Å². The van der Waals surface area contributed by atoms with Gasteiger partial charge in [-0.2, -0.15) is 5.26 Å². The number of piperazine rings is 1. The molecule has 1 atom stereocenters. The average molecular weight is 431 g/mol. The zero-order valence-electron chi connectivity index (χ0n) is 17.8. The minimum Gasteiger partial charge on any atom is -0.366 e. The molecule has 2 aliphatic rings. The molecule has 1 aliphatic carbocycles. The minimum absolute atomic E-state index is 0.0861. The number of aromatic amines is 1. The number of hydrogen-bond acceptors (Lipinski definition) is 7. The van der Waals surface area contributed by atoms with Crippen molar-refractivity contribution in [1.82, 2.24) is 20.3 Å². The molecule has 0 radical (unpaired) electrons. The lowest BCUT2D eigenvalue weighted by Gasteiger charge is -2.34. The van der Waals surface area contributed by atoms with Crippen molar-refractivity contribution in [1.29, 1.82) is 5.26 Å². The number of H-pyrrole nitrogens is 1. The van der Waals surface area contributed by atoms with Crippen LogP contribution in [0, 0.1) is 17.2 Å². The number of carbonyl (C=O) groups is 1. The third-order valence-corrected chi connectivity index (χ3v) is 6.27. The van der Waals surface area contributed by atoms with E-state index in [2.05, 4.69) is 41.9 Å². The van der Waals surface area contributed by atoms with Crippen LogP contribution in [0.3, 0.4) is 0 Å². The van der Waals surface area contributed by atoms with Gasteiger partial charge in [0.2, 0.25) is 5.91 Å². The van der Waals surface area contributed by atoms with E-state index in [4.69, 9.17) is 0 Å². The Hall–Kier alpha value is -3.64. The quantitative estimate of drug-likeness (QED) is 0.490. The summed E-state index contributed by atoms with van der Waals surface area (Å²) >= 11 is 0. The fraction of sp³-hybridized carbons (Fsp3) is 0.391. The van der Waals surface area contributed by atoms with Gasteiger partial charge in [-0.1, -0.05) is 12.8 Å². The van der Waals surface area contributed by atoms with Crippen LogP contribution in [0.5, 0.6) is 0 Å². The first-order valence-corrected chi connectivity index (χ1v) is 11.1. The monoisotopic (exact) mass is 430 g/mol. The summed E-state index contributed by atoms with van der Waals surface area (Å²) in [6.07, 6.45) is 7.50. The molecular formula is C23H26N8O. The molecule has 0 spiro atoms. The van der Waals surface area contributed by atoms with Crippen molar-refractivity contribution in [3.05, 3.63) is 36.8 Å². The number of aromatic nitrogens is 3. The highest BCUT2D eigenvalue weighted by molar-refractivity contribution is 5.95. The molecule has 9 heteroatoms. The van der Waals surface area contributed by atoms with E-state index in [9.17, 15) is 10.1 Å². The minimum atomic E-state index is -0.228. The molecule has 3 heterocycles. The highest BCUT2D eigenvalue weighted by Gasteiger charge is 2.24. The first kappa shape index (κ1) is 20.3. The Morgan fingerprint density at radius 1 is 1.22 bits per heavy atom. The van der Waals surface area contributed by atoms with Gasteiger partial charge in [-0.25, -0.2) is 9.97 Å². The second kappa shape index (κ2) is 8.85. The molecule has 1 aromatic carbocycles. The van der Waals surface area contributed by atoms with Gasteiger partial charge in [-0.15, -0.1) is 0 Å².